The minimum Gasteiger partial charge on any atom is -0.493 e. The van der Waals surface area contributed by atoms with E-state index in [0.29, 0.717) is 13.2 Å². The van der Waals surface area contributed by atoms with Crippen molar-refractivity contribution in [2.75, 3.05) is 13.2 Å². The molecule has 0 spiro atoms. The van der Waals surface area contributed by atoms with Crippen LogP contribution >= 0.6 is 47.0 Å². The summed E-state index contributed by atoms with van der Waals surface area (Å²) in [6.07, 6.45) is 26.8. The third-order valence-corrected chi connectivity index (χ3v) is 16.7. The first-order chi connectivity index (χ1) is 34.6. The van der Waals surface area contributed by atoms with Crippen LogP contribution in [-0.4, -0.2) is 13.2 Å². The Kier molecular flexibility index (Phi) is 17.9. The van der Waals surface area contributed by atoms with Gasteiger partial charge in [0.05, 0.1) is 21.7 Å². The fraction of sp³-hybridized carbons (Fsp3) is 0.188. The smallest absolute Gasteiger partial charge is 0.127 e. The normalized spacial score (nSPS) is 13.8. The molecular formula is C64H60O2S4. The van der Waals surface area contributed by atoms with E-state index in [0.717, 1.165) is 57.7 Å². The van der Waals surface area contributed by atoms with Gasteiger partial charge in [-0.25, -0.2) is 0 Å². The van der Waals surface area contributed by atoms with E-state index in [9.17, 15) is 0 Å². The fourth-order valence-corrected chi connectivity index (χ4v) is 12.5. The molecule has 2 aliphatic heterocycles. The summed E-state index contributed by atoms with van der Waals surface area (Å²) in [6.45, 7) is 5.88. The highest BCUT2D eigenvalue weighted by Crippen LogP contribution is 2.41. The van der Waals surface area contributed by atoms with Crippen LogP contribution in [0.1, 0.15) is 110 Å². The topological polar surface area (TPSA) is 18.5 Å². The quantitative estimate of drug-likeness (QED) is 0.0427. The van der Waals surface area contributed by atoms with E-state index < -0.39 is 0 Å². The zero-order valence-corrected chi connectivity index (χ0v) is 43.4. The maximum Gasteiger partial charge on any atom is 0.127 e. The lowest BCUT2D eigenvalue weighted by atomic mass is 9.97. The lowest BCUT2D eigenvalue weighted by molar-refractivity contribution is 0.296. The van der Waals surface area contributed by atoms with Gasteiger partial charge in [0.15, 0.2) is 0 Å². The first kappa shape index (κ1) is 49.2. The molecule has 2 heterocycles. The van der Waals surface area contributed by atoms with Gasteiger partial charge in [-0.1, -0.05) is 263 Å². The molecule has 0 N–H and O–H groups in total. The molecule has 0 unspecified atom stereocenters. The lowest BCUT2D eigenvalue weighted by Gasteiger charge is -2.15. The van der Waals surface area contributed by atoms with Gasteiger partial charge in [-0.05, 0) is 108 Å². The van der Waals surface area contributed by atoms with Crippen LogP contribution in [0.15, 0.2) is 155 Å². The monoisotopic (exact) mass is 988 g/mol. The molecule has 0 radical (unpaired) electrons. The third-order valence-electron chi connectivity index (χ3n) is 12.4. The highest BCUT2D eigenvalue weighted by molar-refractivity contribution is 8.35. The van der Waals surface area contributed by atoms with Crippen molar-refractivity contribution in [2.45, 2.75) is 65.2 Å². The van der Waals surface area contributed by atoms with Crippen LogP contribution in [0.3, 0.4) is 0 Å². The zero-order chi connectivity index (χ0) is 47.7. The van der Waals surface area contributed by atoms with Crippen LogP contribution < -0.4 is 19.9 Å². The molecule has 0 atom stereocenters. The molecule has 0 bridgehead atoms. The minimum atomic E-state index is 0.693. The summed E-state index contributed by atoms with van der Waals surface area (Å²) in [5.74, 6) is 1.77. The molecule has 0 aromatic heterocycles. The maximum atomic E-state index is 6.51. The van der Waals surface area contributed by atoms with Crippen LogP contribution in [0.4, 0.5) is 0 Å². The highest BCUT2D eigenvalue weighted by Gasteiger charge is 2.16. The number of ether oxygens (including phenoxy) is 2. The van der Waals surface area contributed by atoms with Crippen LogP contribution in [0, 0.1) is 0 Å². The van der Waals surface area contributed by atoms with E-state index in [4.69, 9.17) is 9.47 Å². The van der Waals surface area contributed by atoms with Crippen molar-refractivity contribution in [3.63, 3.8) is 0 Å². The van der Waals surface area contributed by atoms with Crippen LogP contribution in [0.25, 0.3) is 78.6 Å². The van der Waals surface area contributed by atoms with Crippen molar-refractivity contribution < 1.29 is 9.47 Å². The molecule has 0 saturated carbocycles. The van der Waals surface area contributed by atoms with E-state index in [1.165, 1.54) is 90.1 Å². The first-order valence-electron chi connectivity index (χ1n) is 24.7. The molecular weight excluding hydrogens is 929 g/mol. The number of hydrogen-bond donors (Lipinski definition) is 0. The number of rotatable bonds is 20. The SMILES string of the molecule is CCCCCCOc1cc(/C=C/c2ccc(/C=C/c3ccc(/C=C/c4ccc5c(=C6SC=CS6)c6ccccc6c(=C6SC=CS6)c5c4)cc3)cc2)c(OCCCCCC)cc1/C=C/c1ccccc1. The molecule has 7 aromatic rings. The Labute approximate surface area is 432 Å². The largest absolute Gasteiger partial charge is 0.493 e. The summed E-state index contributed by atoms with van der Waals surface area (Å²) < 4.78 is 15.7. The number of unbranched alkanes of at least 4 members (excludes halogenated alkanes) is 6. The second kappa shape index (κ2) is 25.4. The molecule has 0 fully saturated rings. The zero-order valence-electron chi connectivity index (χ0n) is 40.2. The van der Waals surface area contributed by atoms with Crippen LogP contribution in [0.5, 0.6) is 11.5 Å². The molecule has 7 aromatic carbocycles. The summed E-state index contributed by atoms with van der Waals surface area (Å²) in [6, 6.07) is 48.2. The molecule has 6 heteroatoms. The summed E-state index contributed by atoms with van der Waals surface area (Å²) in [4.78, 5) is 0. The van der Waals surface area contributed by atoms with Gasteiger partial charge in [0.1, 0.15) is 11.5 Å². The summed E-state index contributed by atoms with van der Waals surface area (Å²) in [7, 11) is 0. The predicted octanol–water partition coefficient (Wildman–Crippen LogP) is 18.6. The van der Waals surface area contributed by atoms with Gasteiger partial charge in [-0.15, -0.1) is 0 Å². The van der Waals surface area contributed by atoms with Gasteiger partial charge in [-0.2, -0.15) is 0 Å². The van der Waals surface area contributed by atoms with Crippen LogP contribution in [0.2, 0.25) is 0 Å². The molecule has 9 rings (SSSR count). The molecule has 2 aliphatic rings. The van der Waals surface area contributed by atoms with Crippen molar-refractivity contribution >= 4 is 126 Å². The number of benzene rings is 7. The molecule has 2 nitrogen and oxygen atoms in total. The van der Waals surface area contributed by atoms with E-state index in [1.807, 2.05) is 53.1 Å². The number of thioether (sulfide) groups is 4. The lowest BCUT2D eigenvalue weighted by Crippen LogP contribution is -2.16. The van der Waals surface area contributed by atoms with E-state index in [2.05, 4.69) is 211 Å². The Balaban J connectivity index is 0.901. The van der Waals surface area contributed by atoms with Gasteiger partial charge in [0, 0.05) is 21.6 Å². The minimum absolute atomic E-state index is 0.693. The standard InChI is InChI=1S/C64H60O2S4/c1-3-5-7-14-38-65-59-46-54(60(66-39-15-8-6-4-2)45-53(59)35-32-47-16-10-9-11-17-47)36-33-51-28-26-49(27-29-51)21-20-48-22-24-50(25-23-48)30-31-52-34-37-57-58(44-52)62(64-69-42-43-70-64)56-19-13-12-18-55(56)61(57)63-67-40-41-68-63/h9-13,16-37,40-46H,3-8,14-15,38-39H2,1-2H3/b21-20+,31-30+,35-32+,36-33+. The summed E-state index contributed by atoms with van der Waals surface area (Å²) >= 11 is 7.31. The van der Waals surface area contributed by atoms with Crippen molar-refractivity contribution in [2.24, 2.45) is 0 Å². The molecule has 70 heavy (non-hydrogen) atoms. The second-order valence-electron chi connectivity index (χ2n) is 17.5. The predicted molar refractivity (Wildman–Crippen MR) is 317 cm³/mol. The third kappa shape index (κ3) is 13.0. The Hall–Kier alpha value is -5.76. The fourth-order valence-electron chi connectivity index (χ4n) is 8.67. The van der Waals surface area contributed by atoms with Gasteiger partial charge in [0.25, 0.3) is 0 Å². The van der Waals surface area contributed by atoms with Gasteiger partial charge in [-0.3, -0.25) is 0 Å². The van der Waals surface area contributed by atoms with Crippen molar-refractivity contribution in [3.8, 4) is 11.5 Å². The van der Waals surface area contributed by atoms with Gasteiger partial charge in [0.2, 0.25) is 0 Å². The molecule has 352 valence electrons. The van der Waals surface area contributed by atoms with Crippen molar-refractivity contribution in [3.05, 3.63) is 210 Å². The van der Waals surface area contributed by atoms with Crippen molar-refractivity contribution in [1.82, 2.24) is 0 Å². The van der Waals surface area contributed by atoms with E-state index in [1.54, 1.807) is 0 Å². The number of hydrogen-bond acceptors (Lipinski definition) is 6. The average molecular weight is 989 g/mol. The Morgan fingerprint density at radius 3 is 1.17 bits per heavy atom. The molecule has 0 amide bonds. The van der Waals surface area contributed by atoms with E-state index >= 15 is 0 Å². The molecule has 0 aliphatic carbocycles. The Morgan fingerprint density at radius 2 is 0.714 bits per heavy atom. The summed E-state index contributed by atoms with van der Waals surface area (Å²) in [5.41, 5.74) is 9.02. The Bertz CT molecular complexity index is 3190. The maximum absolute atomic E-state index is 6.51. The van der Waals surface area contributed by atoms with Crippen molar-refractivity contribution in [1.29, 1.82) is 0 Å². The summed E-state index contributed by atoms with van der Waals surface area (Å²) in [5, 5.41) is 16.7. The average Bonchev–Trinajstić information content (AvgIpc) is 4.15. The van der Waals surface area contributed by atoms with E-state index in [-0.39, 0.29) is 0 Å². The first-order valence-corrected chi connectivity index (χ1v) is 28.3. The second-order valence-corrected chi connectivity index (χ2v) is 21.7. The van der Waals surface area contributed by atoms with Crippen LogP contribution in [-0.2, 0) is 0 Å². The number of fused-ring (bicyclic) bond motifs is 2. The Morgan fingerprint density at radius 1 is 0.343 bits per heavy atom. The van der Waals surface area contributed by atoms with Gasteiger partial charge < -0.3 is 9.47 Å². The highest BCUT2D eigenvalue weighted by atomic mass is 32.2. The van der Waals surface area contributed by atoms with Gasteiger partial charge >= 0.3 is 0 Å². The molecule has 0 saturated heterocycles.